The molecule has 0 aliphatic carbocycles. The fraction of sp³-hybridized carbons (Fsp3) is 0.500. The number of hydrogen-bond acceptors (Lipinski definition) is 3. The van der Waals surface area contributed by atoms with Gasteiger partial charge in [-0.3, -0.25) is 0 Å². The molecule has 3 N–H and O–H groups in total. The first-order chi connectivity index (χ1) is 8.27. The molecule has 1 rings (SSSR count). The minimum atomic E-state index is 0.457. The molecule has 0 aromatic carbocycles. The van der Waals surface area contributed by atoms with Gasteiger partial charge in [-0.25, -0.2) is 9.98 Å². The Morgan fingerprint density at radius 1 is 1.53 bits per heavy atom. The quantitative estimate of drug-likeness (QED) is 0.576. The minimum absolute atomic E-state index is 0.457. The predicted molar refractivity (Wildman–Crippen MR) is 69.0 cm³/mol. The molecule has 0 aliphatic rings. The van der Waals surface area contributed by atoms with Gasteiger partial charge < -0.3 is 15.8 Å². The number of aromatic nitrogens is 1. The first-order valence-electron chi connectivity index (χ1n) is 5.88. The lowest BCUT2D eigenvalue weighted by molar-refractivity contribution is 0.323. The van der Waals surface area contributed by atoms with E-state index in [9.17, 15) is 0 Å². The third-order valence-corrected chi connectivity index (χ3v) is 2.11. The van der Waals surface area contributed by atoms with E-state index in [0.717, 1.165) is 18.5 Å². The molecule has 0 atom stereocenters. The molecule has 1 aromatic heterocycles. The molecule has 0 spiro atoms. The van der Waals surface area contributed by atoms with Gasteiger partial charge in [0.15, 0.2) is 5.96 Å². The molecule has 5 heteroatoms. The number of pyridine rings is 1. The second-order valence-electron chi connectivity index (χ2n) is 3.53. The smallest absolute Gasteiger partial charge is 0.218 e. The molecule has 1 heterocycles. The zero-order chi connectivity index (χ0) is 12.5. The normalized spacial score (nSPS) is 11.3. The van der Waals surface area contributed by atoms with Gasteiger partial charge in [0, 0.05) is 18.3 Å². The van der Waals surface area contributed by atoms with E-state index in [0.29, 0.717) is 25.0 Å². The monoisotopic (exact) mass is 236 g/mol. The highest BCUT2D eigenvalue weighted by Crippen LogP contribution is 2.14. The van der Waals surface area contributed by atoms with E-state index < -0.39 is 0 Å². The zero-order valence-electron chi connectivity index (χ0n) is 10.4. The fourth-order valence-electron chi connectivity index (χ4n) is 1.29. The Labute approximate surface area is 102 Å². The number of guanidine groups is 1. The number of ether oxygens (including phenoxy) is 1. The van der Waals surface area contributed by atoms with Crippen LogP contribution >= 0.6 is 0 Å². The molecule has 0 saturated carbocycles. The van der Waals surface area contributed by atoms with E-state index in [-0.39, 0.29) is 0 Å². The standard InChI is InChI=1S/C12H20N4O/c1-3-7-15-12(13)16-9-10-6-5-8-14-11(10)17-4-2/h5-6,8H,3-4,7,9H2,1-2H3,(H3,13,15,16). The Bertz CT molecular complexity index is 365. The molecule has 17 heavy (non-hydrogen) atoms. The Morgan fingerprint density at radius 3 is 3.06 bits per heavy atom. The van der Waals surface area contributed by atoms with Gasteiger partial charge in [-0.05, 0) is 19.4 Å². The van der Waals surface area contributed by atoms with E-state index in [4.69, 9.17) is 10.5 Å². The van der Waals surface area contributed by atoms with Crippen molar-refractivity contribution in [2.75, 3.05) is 13.2 Å². The van der Waals surface area contributed by atoms with Crippen LogP contribution in [0.2, 0.25) is 0 Å². The molecule has 0 bridgehead atoms. The van der Waals surface area contributed by atoms with Crippen LogP contribution in [0.25, 0.3) is 0 Å². The zero-order valence-corrected chi connectivity index (χ0v) is 10.4. The number of rotatable bonds is 6. The Hall–Kier alpha value is -1.78. The third kappa shape index (κ3) is 4.72. The summed E-state index contributed by atoms with van der Waals surface area (Å²) in [6, 6.07) is 3.80. The maximum Gasteiger partial charge on any atom is 0.218 e. The molecule has 1 aromatic rings. The molecule has 0 radical (unpaired) electrons. The van der Waals surface area contributed by atoms with Crippen LogP contribution in [-0.2, 0) is 6.54 Å². The highest BCUT2D eigenvalue weighted by atomic mass is 16.5. The molecular weight excluding hydrogens is 216 g/mol. The maximum atomic E-state index is 5.71. The lowest BCUT2D eigenvalue weighted by Crippen LogP contribution is -2.32. The highest BCUT2D eigenvalue weighted by Gasteiger charge is 2.02. The molecule has 5 nitrogen and oxygen atoms in total. The van der Waals surface area contributed by atoms with Crippen molar-refractivity contribution in [3.05, 3.63) is 23.9 Å². The maximum absolute atomic E-state index is 5.71. The van der Waals surface area contributed by atoms with Gasteiger partial charge in [0.1, 0.15) is 0 Å². The summed E-state index contributed by atoms with van der Waals surface area (Å²) in [5, 5.41) is 3.02. The highest BCUT2D eigenvalue weighted by molar-refractivity contribution is 5.77. The van der Waals surface area contributed by atoms with Crippen LogP contribution in [0.3, 0.4) is 0 Å². The molecule has 0 aliphatic heterocycles. The average Bonchev–Trinajstić information content (AvgIpc) is 2.35. The van der Waals surface area contributed by atoms with E-state index in [1.807, 2.05) is 19.1 Å². The summed E-state index contributed by atoms with van der Waals surface area (Å²) in [6.45, 7) is 5.91. The molecule has 94 valence electrons. The Kier molecular flexibility index (Phi) is 5.85. The molecule has 0 fully saturated rings. The van der Waals surface area contributed by atoms with Crippen LogP contribution in [-0.4, -0.2) is 24.1 Å². The SMILES string of the molecule is CCCNC(N)=NCc1cccnc1OCC. The predicted octanol–water partition coefficient (Wildman–Crippen LogP) is 1.29. The summed E-state index contributed by atoms with van der Waals surface area (Å²) >= 11 is 0. The van der Waals surface area contributed by atoms with Gasteiger partial charge in [-0.2, -0.15) is 0 Å². The first kappa shape index (κ1) is 13.3. The van der Waals surface area contributed by atoms with Crippen molar-refractivity contribution < 1.29 is 4.74 Å². The van der Waals surface area contributed by atoms with E-state index >= 15 is 0 Å². The van der Waals surface area contributed by atoms with Crippen molar-refractivity contribution in [2.45, 2.75) is 26.8 Å². The van der Waals surface area contributed by atoms with E-state index in [1.165, 1.54) is 0 Å². The van der Waals surface area contributed by atoms with Crippen LogP contribution in [0, 0.1) is 0 Å². The van der Waals surface area contributed by atoms with Crippen LogP contribution in [0.5, 0.6) is 5.88 Å². The lowest BCUT2D eigenvalue weighted by Gasteiger charge is -2.07. The van der Waals surface area contributed by atoms with Crippen molar-refractivity contribution in [1.82, 2.24) is 10.3 Å². The fourth-order valence-corrected chi connectivity index (χ4v) is 1.29. The first-order valence-corrected chi connectivity index (χ1v) is 5.88. The van der Waals surface area contributed by atoms with Gasteiger partial charge in [-0.15, -0.1) is 0 Å². The molecule has 0 saturated heterocycles. The van der Waals surface area contributed by atoms with E-state index in [1.54, 1.807) is 6.20 Å². The van der Waals surface area contributed by atoms with Gasteiger partial charge >= 0.3 is 0 Å². The second-order valence-corrected chi connectivity index (χ2v) is 3.53. The van der Waals surface area contributed by atoms with Gasteiger partial charge in [-0.1, -0.05) is 13.0 Å². The lowest BCUT2D eigenvalue weighted by atomic mass is 10.3. The largest absolute Gasteiger partial charge is 0.478 e. The number of nitrogens with one attached hydrogen (secondary N) is 1. The van der Waals surface area contributed by atoms with E-state index in [2.05, 4.69) is 22.2 Å². The van der Waals surface area contributed by atoms with Crippen LogP contribution in [0.1, 0.15) is 25.8 Å². The third-order valence-electron chi connectivity index (χ3n) is 2.11. The minimum Gasteiger partial charge on any atom is -0.478 e. The van der Waals surface area contributed by atoms with Crippen LogP contribution in [0.4, 0.5) is 0 Å². The summed E-state index contributed by atoms with van der Waals surface area (Å²) in [5.74, 6) is 1.08. The van der Waals surface area contributed by atoms with Gasteiger partial charge in [0.2, 0.25) is 5.88 Å². The number of nitrogens with two attached hydrogens (primary N) is 1. The molecular formula is C12H20N4O. The summed E-state index contributed by atoms with van der Waals surface area (Å²) in [4.78, 5) is 8.39. The number of hydrogen-bond donors (Lipinski definition) is 2. The second kappa shape index (κ2) is 7.49. The summed E-state index contributed by atoms with van der Waals surface area (Å²) in [5.41, 5.74) is 6.65. The summed E-state index contributed by atoms with van der Waals surface area (Å²) in [7, 11) is 0. The number of nitrogens with zero attached hydrogens (tertiary/aromatic N) is 2. The van der Waals surface area contributed by atoms with Crippen LogP contribution in [0.15, 0.2) is 23.3 Å². The van der Waals surface area contributed by atoms with Crippen molar-refractivity contribution in [3.8, 4) is 5.88 Å². The van der Waals surface area contributed by atoms with Gasteiger partial charge in [0.25, 0.3) is 0 Å². The van der Waals surface area contributed by atoms with Crippen molar-refractivity contribution in [2.24, 2.45) is 10.7 Å². The molecule has 0 amide bonds. The summed E-state index contributed by atoms with van der Waals surface area (Å²) in [6.07, 6.45) is 2.73. The topological polar surface area (TPSA) is 72.5 Å². The molecule has 0 unspecified atom stereocenters. The number of aliphatic imine (C=N–C) groups is 1. The van der Waals surface area contributed by atoms with Gasteiger partial charge in [0.05, 0.1) is 13.2 Å². The summed E-state index contributed by atoms with van der Waals surface area (Å²) < 4.78 is 5.41. The Morgan fingerprint density at radius 2 is 2.35 bits per heavy atom. The van der Waals surface area contributed by atoms with Crippen molar-refractivity contribution in [3.63, 3.8) is 0 Å². The van der Waals surface area contributed by atoms with Crippen molar-refractivity contribution >= 4 is 5.96 Å². The average molecular weight is 236 g/mol. The van der Waals surface area contributed by atoms with Crippen LogP contribution < -0.4 is 15.8 Å². The van der Waals surface area contributed by atoms with Crippen molar-refractivity contribution in [1.29, 1.82) is 0 Å². The Balaban J connectivity index is 2.61.